The Hall–Kier alpha value is -1.59. The zero-order valence-electron chi connectivity index (χ0n) is 7.36. The van der Waals surface area contributed by atoms with E-state index in [1.807, 2.05) is 0 Å². The summed E-state index contributed by atoms with van der Waals surface area (Å²) in [5, 5.41) is 1.11. The number of hydrogen-bond donors (Lipinski definition) is 1. The highest BCUT2D eigenvalue weighted by Crippen LogP contribution is 2.10. The Morgan fingerprint density at radius 2 is 2.15 bits per heavy atom. The largest absolute Gasteiger partial charge is 0.450 e. The molecule has 0 radical (unpaired) electrons. The molecule has 0 aromatic carbocycles. The van der Waals surface area contributed by atoms with Gasteiger partial charge in [0, 0.05) is 13.8 Å². The Labute approximate surface area is 74.8 Å². The van der Waals surface area contributed by atoms with Gasteiger partial charge < -0.3 is 4.74 Å². The van der Waals surface area contributed by atoms with Crippen LogP contribution in [0.2, 0.25) is 0 Å². The molecule has 1 aliphatic heterocycles. The fraction of sp³-hybridized carbons (Fsp3) is 0.571. The van der Waals surface area contributed by atoms with E-state index in [4.69, 9.17) is 0 Å². The molecule has 1 N–H and O–H groups in total. The van der Waals surface area contributed by atoms with Crippen molar-refractivity contribution in [3.05, 3.63) is 0 Å². The second-order valence-electron chi connectivity index (χ2n) is 2.71. The van der Waals surface area contributed by atoms with Crippen LogP contribution in [-0.4, -0.2) is 35.4 Å². The molecule has 1 rings (SSSR count). The van der Waals surface area contributed by atoms with E-state index in [0.29, 0.717) is 0 Å². The van der Waals surface area contributed by atoms with E-state index < -0.39 is 18.0 Å². The molecule has 0 aromatic heterocycles. The zero-order chi connectivity index (χ0) is 10.0. The fourth-order valence-corrected chi connectivity index (χ4v) is 0.974. The zero-order valence-corrected chi connectivity index (χ0v) is 7.36. The minimum absolute atomic E-state index is 0.220. The van der Waals surface area contributed by atoms with Gasteiger partial charge >= 0.3 is 5.97 Å². The SMILES string of the molecule is CC(=O)NN1CC(OC(C)=O)C1=O. The van der Waals surface area contributed by atoms with Gasteiger partial charge in [0.15, 0.2) is 0 Å². The Kier molecular flexibility index (Phi) is 2.50. The molecule has 0 aliphatic carbocycles. The number of hydrogen-bond acceptors (Lipinski definition) is 4. The summed E-state index contributed by atoms with van der Waals surface area (Å²) in [5.74, 6) is -1.22. The van der Waals surface area contributed by atoms with E-state index in [-0.39, 0.29) is 12.5 Å². The van der Waals surface area contributed by atoms with Crippen molar-refractivity contribution in [1.82, 2.24) is 10.4 Å². The van der Waals surface area contributed by atoms with Crippen LogP contribution in [0.3, 0.4) is 0 Å². The van der Waals surface area contributed by atoms with Crippen molar-refractivity contribution in [2.75, 3.05) is 6.54 Å². The Morgan fingerprint density at radius 1 is 1.54 bits per heavy atom. The van der Waals surface area contributed by atoms with Gasteiger partial charge in [-0.3, -0.25) is 19.8 Å². The smallest absolute Gasteiger partial charge is 0.303 e. The predicted octanol–water partition coefficient (Wildman–Crippen LogP) is -1.19. The predicted molar refractivity (Wildman–Crippen MR) is 41.1 cm³/mol. The maximum Gasteiger partial charge on any atom is 0.303 e. The molecule has 0 aromatic rings. The molecule has 1 atom stereocenters. The van der Waals surface area contributed by atoms with Gasteiger partial charge in [0.25, 0.3) is 5.91 Å². The summed E-state index contributed by atoms with van der Waals surface area (Å²) in [6, 6.07) is 0. The number of carbonyl (C=O) groups is 3. The quantitative estimate of drug-likeness (QED) is 0.434. The van der Waals surface area contributed by atoms with Crippen LogP contribution in [0.4, 0.5) is 0 Å². The normalized spacial score (nSPS) is 20.6. The van der Waals surface area contributed by atoms with Gasteiger partial charge in [-0.25, -0.2) is 5.01 Å². The van der Waals surface area contributed by atoms with Crippen LogP contribution in [0.15, 0.2) is 0 Å². The third-order valence-corrected chi connectivity index (χ3v) is 1.49. The molecule has 6 heteroatoms. The lowest BCUT2D eigenvalue weighted by atomic mass is 10.2. The molecule has 1 saturated heterocycles. The topological polar surface area (TPSA) is 75.7 Å². The van der Waals surface area contributed by atoms with Crippen molar-refractivity contribution in [2.24, 2.45) is 0 Å². The van der Waals surface area contributed by atoms with Crippen LogP contribution in [0.1, 0.15) is 13.8 Å². The number of rotatable bonds is 2. The van der Waals surface area contributed by atoms with Crippen LogP contribution < -0.4 is 5.43 Å². The fourth-order valence-electron chi connectivity index (χ4n) is 0.974. The number of nitrogens with zero attached hydrogens (tertiary/aromatic N) is 1. The number of amides is 2. The summed E-state index contributed by atoms with van der Waals surface area (Å²) in [5.41, 5.74) is 2.29. The van der Waals surface area contributed by atoms with Crippen LogP contribution >= 0.6 is 0 Å². The Balaban J connectivity index is 2.35. The van der Waals surface area contributed by atoms with Crippen molar-refractivity contribution in [3.8, 4) is 0 Å². The molecule has 1 fully saturated rings. The van der Waals surface area contributed by atoms with E-state index in [9.17, 15) is 14.4 Å². The Bertz CT molecular complexity index is 239. The highest BCUT2D eigenvalue weighted by Gasteiger charge is 2.40. The van der Waals surface area contributed by atoms with E-state index in [0.717, 1.165) is 5.01 Å². The minimum Gasteiger partial charge on any atom is -0.450 e. The van der Waals surface area contributed by atoms with Gasteiger partial charge in [-0.1, -0.05) is 0 Å². The second kappa shape index (κ2) is 3.42. The van der Waals surface area contributed by atoms with Gasteiger partial charge in [0.1, 0.15) is 0 Å². The molecule has 0 bridgehead atoms. The third-order valence-electron chi connectivity index (χ3n) is 1.49. The molecular formula is C7H10N2O4. The molecule has 0 spiro atoms. The van der Waals surface area contributed by atoms with E-state index >= 15 is 0 Å². The summed E-state index contributed by atoms with van der Waals surface area (Å²) in [7, 11) is 0. The lowest BCUT2D eigenvalue weighted by Gasteiger charge is -2.36. The number of hydrazine groups is 1. The number of carbonyl (C=O) groups excluding carboxylic acids is 3. The third kappa shape index (κ3) is 2.17. The standard InChI is InChI=1S/C7H10N2O4/c1-4(10)8-9-3-6(7(9)12)13-5(2)11/h6H,3H2,1-2H3,(H,8,10). The number of esters is 1. The first-order chi connectivity index (χ1) is 6.00. The van der Waals surface area contributed by atoms with Gasteiger partial charge in [0.2, 0.25) is 12.0 Å². The van der Waals surface area contributed by atoms with Crippen molar-refractivity contribution in [3.63, 3.8) is 0 Å². The van der Waals surface area contributed by atoms with Crippen LogP contribution in [0.5, 0.6) is 0 Å². The summed E-state index contributed by atoms with van der Waals surface area (Å²) in [6.45, 7) is 2.75. The molecule has 6 nitrogen and oxygen atoms in total. The van der Waals surface area contributed by atoms with Crippen molar-refractivity contribution < 1.29 is 19.1 Å². The number of β-lactam (4-membered cyclic amide) rings is 1. The van der Waals surface area contributed by atoms with E-state index in [1.165, 1.54) is 13.8 Å². The molecule has 2 amide bonds. The first kappa shape index (κ1) is 9.50. The van der Waals surface area contributed by atoms with Gasteiger partial charge in [0.05, 0.1) is 6.54 Å². The molecule has 13 heavy (non-hydrogen) atoms. The highest BCUT2D eigenvalue weighted by atomic mass is 16.6. The lowest BCUT2D eigenvalue weighted by Crippen LogP contribution is -2.64. The molecular weight excluding hydrogens is 176 g/mol. The van der Waals surface area contributed by atoms with Crippen molar-refractivity contribution in [2.45, 2.75) is 20.0 Å². The molecule has 0 saturated carbocycles. The van der Waals surface area contributed by atoms with Gasteiger partial charge in [-0.15, -0.1) is 0 Å². The molecule has 1 aliphatic rings. The summed E-state index contributed by atoms with van der Waals surface area (Å²) in [6.07, 6.45) is -0.732. The Morgan fingerprint density at radius 3 is 2.54 bits per heavy atom. The van der Waals surface area contributed by atoms with Crippen LogP contribution in [-0.2, 0) is 19.1 Å². The first-order valence-corrected chi connectivity index (χ1v) is 3.76. The average molecular weight is 186 g/mol. The second-order valence-corrected chi connectivity index (χ2v) is 2.71. The van der Waals surface area contributed by atoms with Crippen LogP contribution in [0, 0.1) is 0 Å². The van der Waals surface area contributed by atoms with E-state index in [1.54, 1.807) is 0 Å². The molecule has 72 valence electrons. The van der Waals surface area contributed by atoms with Gasteiger partial charge in [-0.2, -0.15) is 0 Å². The van der Waals surface area contributed by atoms with Gasteiger partial charge in [-0.05, 0) is 0 Å². The summed E-state index contributed by atoms with van der Waals surface area (Å²) in [4.78, 5) is 32.0. The number of nitrogens with one attached hydrogen (secondary N) is 1. The average Bonchev–Trinajstić information content (AvgIpc) is 2.01. The monoisotopic (exact) mass is 186 g/mol. The molecule has 1 unspecified atom stereocenters. The maximum absolute atomic E-state index is 11.1. The minimum atomic E-state index is -0.732. The summed E-state index contributed by atoms with van der Waals surface area (Å²) >= 11 is 0. The van der Waals surface area contributed by atoms with Crippen molar-refractivity contribution in [1.29, 1.82) is 0 Å². The highest BCUT2D eigenvalue weighted by molar-refractivity contribution is 5.90. The maximum atomic E-state index is 11.1. The summed E-state index contributed by atoms with van der Waals surface area (Å²) < 4.78 is 4.63. The lowest BCUT2D eigenvalue weighted by molar-refractivity contribution is -0.177. The van der Waals surface area contributed by atoms with Crippen LogP contribution in [0.25, 0.3) is 0 Å². The van der Waals surface area contributed by atoms with Crippen molar-refractivity contribution >= 4 is 17.8 Å². The number of ether oxygens (including phenoxy) is 1. The first-order valence-electron chi connectivity index (χ1n) is 3.76. The molecule has 1 heterocycles. The van der Waals surface area contributed by atoms with E-state index in [2.05, 4.69) is 10.2 Å².